The van der Waals surface area contributed by atoms with Gasteiger partial charge in [-0.2, -0.15) is 4.37 Å². The molecule has 0 aliphatic heterocycles. The van der Waals surface area contributed by atoms with Crippen molar-refractivity contribution >= 4 is 11.5 Å². The highest BCUT2D eigenvalue weighted by Crippen LogP contribution is 2.19. The number of hydrogen-bond donors (Lipinski definition) is 2. The lowest BCUT2D eigenvalue weighted by atomic mass is 10.1. The SMILES string of the molecule is CCCC(N)C(N)c1nc(Cc2ccc(F)cc2)ns1. The molecule has 0 saturated heterocycles. The Hall–Kier alpha value is -1.37. The van der Waals surface area contributed by atoms with Crippen molar-refractivity contribution in [2.45, 2.75) is 38.3 Å². The van der Waals surface area contributed by atoms with E-state index in [4.69, 9.17) is 11.5 Å². The van der Waals surface area contributed by atoms with Gasteiger partial charge in [-0.15, -0.1) is 0 Å². The Labute approximate surface area is 122 Å². The maximum Gasteiger partial charge on any atom is 0.147 e. The number of nitrogens with zero attached hydrogens (tertiary/aromatic N) is 2. The molecule has 0 bridgehead atoms. The second kappa shape index (κ2) is 6.88. The molecule has 0 amide bonds. The second-order valence-electron chi connectivity index (χ2n) is 4.83. The maximum absolute atomic E-state index is 12.8. The van der Waals surface area contributed by atoms with E-state index in [0.717, 1.165) is 23.4 Å². The van der Waals surface area contributed by atoms with Gasteiger partial charge in [-0.1, -0.05) is 25.5 Å². The molecular formula is C14H19FN4S. The van der Waals surface area contributed by atoms with E-state index in [2.05, 4.69) is 16.3 Å². The summed E-state index contributed by atoms with van der Waals surface area (Å²) >= 11 is 1.29. The lowest BCUT2D eigenvalue weighted by Gasteiger charge is -2.15. The summed E-state index contributed by atoms with van der Waals surface area (Å²) in [5.74, 6) is 0.462. The van der Waals surface area contributed by atoms with E-state index in [0.29, 0.717) is 12.2 Å². The molecule has 4 N–H and O–H groups in total. The largest absolute Gasteiger partial charge is 0.326 e. The number of aromatic nitrogens is 2. The smallest absolute Gasteiger partial charge is 0.147 e. The molecular weight excluding hydrogens is 275 g/mol. The molecule has 4 nitrogen and oxygen atoms in total. The standard InChI is InChI=1S/C14H19FN4S/c1-2-3-11(16)13(17)14-18-12(19-20-14)8-9-4-6-10(15)7-5-9/h4-7,11,13H,2-3,8,16-17H2,1H3. The van der Waals surface area contributed by atoms with Crippen molar-refractivity contribution in [3.8, 4) is 0 Å². The molecule has 2 aromatic rings. The van der Waals surface area contributed by atoms with Crippen molar-refractivity contribution in [2.75, 3.05) is 0 Å². The van der Waals surface area contributed by atoms with Crippen molar-refractivity contribution in [2.24, 2.45) is 11.5 Å². The summed E-state index contributed by atoms with van der Waals surface area (Å²) in [5.41, 5.74) is 13.1. The Morgan fingerprint density at radius 3 is 2.60 bits per heavy atom. The Kier molecular flexibility index (Phi) is 5.17. The molecule has 6 heteroatoms. The Morgan fingerprint density at radius 2 is 1.95 bits per heavy atom. The van der Waals surface area contributed by atoms with Crippen LogP contribution in [0.15, 0.2) is 24.3 Å². The minimum Gasteiger partial charge on any atom is -0.326 e. The number of halogens is 1. The molecule has 0 fully saturated rings. The van der Waals surface area contributed by atoms with Crippen LogP contribution in [0.25, 0.3) is 0 Å². The van der Waals surface area contributed by atoms with Crippen LogP contribution in [0.2, 0.25) is 0 Å². The van der Waals surface area contributed by atoms with E-state index < -0.39 is 0 Å². The van der Waals surface area contributed by atoms with Gasteiger partial charge in [-0.3, -0.25) is 0 Å². The van der Waals surface area contributed by atoms with Crippen LogP contribution in [0.4, 0.5) is 4.39 Å². The lowest BCUT2D eigenvalue weighted by molar-refractivity contribution is 0.504. The van der Waals surface area contributed by atoms with Crippen molar-refractivity contribution in [3.63, 3.8) is 0 Å². The summed E-state index contributed by atoms with van der Waals surface area (Å²) < 4.78 is 17.1. The van der Waals surface area contributed by atoms with E-state index >= 15 is 0 Å². The summed E-state index contributed by atoms with van der Waals surface area (Å²) in [7, 11) is 0. The zero-order valence-corrected chi connectivity index (χ0v) is 12.2. The van der Waals surface area contributed by atoms with Gasteiger partial charge < -0.3 is 11.5 Å². The average Bonchev–Trinajstić information content (AvgIpc) is 2.89. The van der Waals surface area contributed by atoms with Gasteiger partial charge in [0.15, 0.2) is 0 Å². The minimum absolute atomic E-state index is 0.0911. The van der Waals surface area contributed by atoms with Crippen LogP contribution in [0.1, 0.15) is 42.2 Å². The minimum atomic E-state index is -0.269. The topological polar surface area (TPSA) is 77.8 Å². The summed E-state index contributed by atoms with van der Waals surface area (Å²) in [4.78, 5) is 4.44. The van der Waals surface area contributed by atoms with E-state index in [9.17, 15) is 4.39 Å². The third-order valence-electron chi connectivity index (χ3n) is 3.13. The predicted molar refractivity (Wildman–Crippen MR) is 78.9 cm³/mol. The predicted octanol–water partition coefficient (Wildman–Crippen LogP) is 2.40. The molecule has 2 atom stereocenters. The first-order valence-corrected chi connectivity index (χ1v) is 7.45. The van der Waals surface area contributed by atoms with Crippen LogP contribution in [0.3, 0.4) is 0 Å². The molecule has 1 aromatic heterocycles. The van der Waals surface area contributed by atoms with Crippen LogP contribution < -0.4 is 11.5 Å². The number of hydrogen-bond acceptors (Lipinski definition) is 5. The van der Waals surface area contributed by atoms with Gasteiger partial charge in [0.05, 0.1) is 6.04 Å². The quantitative estimate of drug-likeness (QED) is 0.857. The molecule has 1 aromatic carbocycles. The van der Waals surface area contributed by atoms with Gasteiger partial charge in [-0.25, -0.2) is 9.37 Å². The highest BCUT2D eigenvalue weighted by Gasteiger charge is 2.19. The Morgan fingerprint density at radius 1 is 1.25 bits per heavy atom. The zero-order valence-electron chi connectivity index (χ0n) is 11.4. The fourth-order valence-corrected chi connectivity index (χ4v) is 2.70. The third-order valence-corrected chi connectivity index (χ3v) is 3.98. The van der Waals surface area contributed by atoms with Crippen LogP contribution >= 0.6 is 11.5 Å². The maximum atomic E-state index is 12.8. The molecule has 1 heterocycles. The fourth-order valence-electron chi connectivity index (χ4n) is 1.96. The van der Waals surface area contributed by atoms with Crippen LogP contribution in [-0.4, -0.2) is 15.4 Å². The summed E-state index contributed by atoms with van der Waals surface area (Å²) in [5, 5.41) is 0.767. The molecule has 20 heavy (non-hydrogen) atoms. The lowest BCUT2D eigenvalue weighted by Crippen LogP contribution is -2.33. The molecule has 0 spiro atoms. The van der Waals surface area contributed by atoms with Gasteiger partial charge >= 0.3 is 0 Å². The molecule has 2 unspecified atom stereocenters. The van der Waals surface area contributed by atoms with Crippen LogP contribution in [0.5, 0.6) is 0 Å². The van der Waals surface area contributed by atoms with Gasteiger partial charge in [0, 0.05) is 12.5 Å². The third kappa shape index (κ3) is 3.82. The molecule has 0 radical (unpaired) electrons. The second-order valence-corrected chi connectivity index (χ2v) is 5.61. The number of nitrogens with two attached hydrogens (primary N) is 2. The highest BCUT2D eigenvalue weighted by molar-refractivity contribution is 7.05. The number of benzene rings is 1. The fraction of sp³-hybridized carbons (Fsp3) is 0.429. The normalized spacial score (nSPS) is 14.2. The highest BCUT2D eigenvalue weighted by atomic mass is 32.1. The molecule has 108 valence electrons. The van der Waals surface area contributed by atoms with Crippen molar-refractivity contribution < 1.29 is 4.39 Å². The molecule has 0 aliphatic carbocycles. The van der Waals surface area contributed by atoms with Crippen molar-refractivity contribution in [1.82, 2.24) is 9.36 Å². The van der Waals surface area contributed by atoms with Crippen molar-refractivity contribution in [1.29, 1.82) is 0 Å². The summed E-state index contributed by atoms with van der Waals surface area (Å²) in [6, 6.07) is 5.98. The van der Waals surface area contributed by atoms with E-state index in [-0.39, 0.29) is 17.9 Å². The first-order valence-electron chi connectivity index (χ1n) is 6.68. The Balaban J connectivity index is 2.03. The average molecular weight is 294 g/mol. The first-order chi connectivity index (χ1) is 9.60. The van der Waals surface area contributed by atoms with Gasteiger partial charge in [-0.05, 0) is 35.6 Å². The van der Waals surface area contributed by atoms with Crippen LogP contribution in [0, 0.1) is 5.82 Å². The van der Waals surface area contributed by atoms with Crippen LogP contribution in [-0.2, 0) is 6.42 Å². The van der Waals surface area contributed by atoms with E-state index in [1.807, 2.05) is 0 Å². The molecule has 0 saturated carbocycles. The zero-order chi connectivity index (χ0) is 14.5. The summed E-state index contributed by atoms with van der Waals surface area (Å²) in [6.45, 7) is 2.08. The van der Waals surface area contributed by atoms with Gasteiger partial charge in [0.25, 0.3) is 0 Å². The monoisotopic (exact) mass is 294 g/mol. The van der Waals surface area contributed by atoms with Gasteiger partial charge in [0.2, 0.25) is 0 Å². The first kappa shape index (κ1) is 15.0. The molecule has 0 aliphatic rings. The Bertz CT molecular complexity index is 540. The van der Waals surface area contributed by atoms with Gasteiger partial charge in [0.1, 0.15) is 16.6 Å². The van der Waals surface area contributed by atoms with E-state index in [1.165, 1.54) is 23.7 Å². The van der Waals surface area contributed by atoms with E-state index in [1.54, 1.807) is 12.1 Å². The molecule has 2 rings (SSSR count). The summed E-state index contributed by atoms with van der Waals surface area (Å²) in [6.07, 6.45) is 2.44. The number of rotatable bonds is 6. The van der Waals surface area contributed by atoms with Crippen molar-refractivity contribution in [3.05, 3.63) is 46.5 Å².